The van der Waals surface area contributed by atoms with Gasteiger partial charge in [-0.2, -0.15) is 0 Å². The SMILES string of the molecule is CCC[N+](C)=C(NCc1ccc(Cl)nc1)SC. The third-order valence-corrected chi connectivity index (χ3v) is 3.40. The van der Waals surface area contributed by atoms with E-state index >= 15 is 0 Å². The molecule has 0 aliphatic carbocycles. The molecule has 1 aromatic heterocycles. The maximum Gasteiger partial charge on any atom is 0.305 e. The molecule has 5 heteroatoms. The first-order valence-corrected chi connectivity index (χ1v) is 7.24. The molecule has 0 fully saturated rings. The van der Waals surface area contributed by atoms with Crippen molar-refractivity contribution in [3.63, 3.8) is 0 Å². The summed E-state index contributed by atoms with van der Waals surface area (Å²) < 4.78 is 2.23. The molecule has 0 saturated heterocycles. The van der Waals surface area contributed by atoms with Crippen molar-refractivity contribution < 1.29 is 4.58 Å². The van der Waals surface area contributed by atoms with Crippen LogP contribution in [-0.2, 0) is 6.54 Å². The fourth-order valence-corrected chi connectivity index (χ4v) is 2.22. The van der Waals surface area contributed by atoms with Crippen LogP contribution in [0.4, 0.5) is 0 Å². The largest absolute Gasteiger partial charge is 0.305 e. The third-order valence-electron chi connectivity index (χ3n) is 2.33. The fraction of sp³-hybridized carbons (Fsp3) is 0.500. The number of amidine groups is 1. The molecule has 0 bridgehead atoms. The number of pyridine rings is 1. The van der Waals surface area contributed by atoms with Crippen LogP contribution in [-0.4, -0.2) is 34.6 Å². The Morgan fingerprint density at radius 2 is 2.29 bits per heavy atom. The number of nitrogens with zero attached hydrogens (tertiary/aromatic N) is 2. The number of halogens is 1. The molecule has 0 unspecified atom stereocenters. The summed E-state index contributed by atoms with van der Waals surface area (Å²) in [5, 5.41) is 5.13. The lowest BCUT2D eigenvalue weighted by Gasteiger charge is -2.06. The lowest BCUT2D eigenvalue weighted by atomic mass is 10.3. The monoisotopic (exact) mass is 272 g/mol. The van der Waals surface area contributed by atoms with Crippen molar-refractivity contribution in [2.45, 2.75) is 19.9 Å². The van der Waals surface area contributed by atoms with Gasteiger partial charge in [-0.05, 0) is 30.5 Å². The molecule has 1 rings (SSSR count). The van der Waals surface area contributed by atoms with Crippen molar-refractivity contribution in [1.29, 1.82) is 0 Å². The average molecular weight is 273 g/mol. The van der Waals surface area contributed by atoms with E-state index < -0.39 is 0 Å². The second kappa shape index (κ2) is 7.56. The van der Waals surface area contributed by atoms with Gasteiger partial charge in [-0.25, -0.2) is 4.98 Å². The van der Waals surface area contributed by atoms with Gasteiger partial charge in [0.15, 0.2) is 0 Å². The quantitative estimate of drug-likeness (QED) is 0.395. The number of nitrogens with one attached hydrogen (secondary N) is 1. The molecule has 1 aromatic rings. The molecular weight excluding hydrogens is 254 g/mol. The van der Waals surface area contributed by atoms with Crippen LogP contribution in [0.2, 0.25) is 5.15 Å². The van der Waals surface area contributed by atoms with Crippen molar-refractivity contribution in [3.8, 4) is 0 Å². The Balaban J connectivity index is 2.59. The minimum absolute atomic E-state index is 0.533. The van der Waals surface area contributed by atoms with Gasteiger partial charge in [0.2, 0.25) is 0 Å². The minimum atomic E-state index is 0.533. The molecule has 1 heterocycles. The molecule has 0 atom stereocenters. The van der Waals surface area contributed by atoms with E-state index in [0.29, 0.717) is 5.15 Å². The van der Waals surface area contributed by atoms with Crippen LogP contribution >= 0.6 is 23.4 Å². The first-order valence-electron chi connectivity index (χ1n) is 5.63. The molecule has 0 radical (unpaired) electrons. The van der Waals surface area contributed by atoms with Gasteiger partial charge >= 0.3 is 5.17 Å². The molecule has 0 saturated carbocycles. The van der Waals surface area contributed by atoms with Gasteiger partial charge in [-0.15, -0.1) is 0 Å². The normalized spacial score (nSPS) is 12.2. The molecule has 0 amide bonds. The van der Waals surface area contributed by atoms with Crippen molar-refractivity contribution in [3.05, 3.63) is 29.0 Å². The molecule has 3 nitrogen and oxygen atoms in total. The van der Waals surface area contributed by atoms with E-state index in [4.69, 9.17) is 11.6 Å². The highest BCUT2D eigenvalue weighted by Crippen LogP contribution is 2.05. The topological polar surface area (TPSA) is 27.9 Å². The van der Waals surface area contributed by atoms with Crippen molar-refractivity contribution in [1.82, 2.24) is 10.3 Å². The molecule has 0 spiro atoms. The van der Waals surface area contributed by atoms with Crippen LogP contribution < -0.4 is 5.32 Å². The number of hydrogen-bond donors (Lipinski definition) is 1. The average Bonchev–Trinajstić information content (AvgIpc) is 2.32. The zero-order valence-corrected chi connectivity index (χ0v) is 12.1. The molecule has 0 aromatic carbocycles. The van der Waals surface area contributed by atoms with Crippen LogP contribution in [0.25, 0.3) is 0 Å². The predicted octanol–water partition coefficient (Wildman–Crippen LogP) is 2.60. The van der Waals surface area contributed by atoms with E-state index in [2.05, 4.69) is 35.1 Å². The molecule has 17 heavy (non-hydrogen) atoms. The lowest BCUT2D eigenvalue weighted by Crippen LogP contribution is -2.29. The Hall–Kier alpha value is -0.740. The van der Waals surface area contributed by atoms with Crippen LogP contribution in [0.3, 0.4) is 0 Å². The second-order valence-electron chi connectivity index (χ2n) is 3.77. The summed E-state index contributed by atoms with van der Waals surface area (Å²) in [6.45, 7) is 4.01. The minimum Gasteiger partial charge on any atom is -0.265 e. The molecule has 94 valence electrons. The standard InChI is InChI=1S/C12H18ClN3S/c1-4-7-16(2)12(17-3)15-9-10-5-6-11(13)14-8-10/h5-6,8H,4,7,9H2,1-3H3/p+1. The first kappa shape index (κ1) is 14.3. The van der Waals surface area contributed by atoms with Crippen molar-refractivity contribution in [2.24, 2.45) is 0 Å². The Labute approximate surface area is 112 Å². The summed E-state index contributed by atoms with van der Waals surface area (Å²) >= 11 is 7.47. The van der Waals surface area contributed by atoms with E-state index in [-0.39, 0.29) is 0 Å². The van der Waals surface area contributed by atoms with Crippen LogP contribution in [0.15, 0.2) is 18.3 Å². The van der Waals surface area contributed by atoms with Crippen molar-refractivity contribution >= 4 is 28.5 Å². The van der Waals surface area contributed by atoms with Gasteiger partial charge < -0.3 is 0 Å². The van der Waals surface area contributed by atoms with Gasteiger partial charge in [0.05, 0.1) is 13.6 Å². The highest BCUT2D eigenvalue weighted by atomic mass is 35.5. The molecular formula is C12H19ClN3S+. The summed E-state index contributed by atoms with van der Waals surface area (Å²) in [6, 6.07) is 3.80. The highest BCUT2D eigenvalue weighted by molar-refractivity contribution is 8.13. The maximum atomic E-state index is 5.74. The molecule has 0 aliphatic heterocycles. The summed E-state index contributed by atoms with van der Waals surface area (Å²) in [5.74, 6) is 0. The Bertz CT molecular complexity index is 376. The zero-order chi connectivity index (χ0) is 12.7. The summed E-state index contributed by atoms with van der Waals surface area (Å²) in [5.41, 5.74) is 1.13. The predicted molar refractivity (Wildman–Crippen MR) is 76.0 cm³/mol. The van der Waals surface area contributed by atoms with E-state index in [9.17, 15) is 0 Å². The third kappa shape index (κ3) is 4.96. The smallest absolute Gasteiger partial charge is 0.265 e. The van der Waals surface area contributed by atoms with E-state index in [0.717, 1.165) is 25.1 Å². The van der Waals surface area contributed by atoms with Gasteiger partial charge in [-0.3, -0.25) is 9.89 Å². The number of rotatable bonds is 4. The molecule has 1 N–H and O–H groups in total. The number of thioether (sulfide) groups is 1. The van der Waals surface area contributed by atoms with Gasteiger partial charge in [0, 0.05) is 11.8 Å². The van der Waals surface area contributed by atoms with Crippen LogP contribution in [0.1, 0.15) is 18.9 Å². The maximum absolute atomic E-state index is 5.74. The zero-order valence-electron chi connectivity index (χ0n) is 10.5. The first-order chi connectivity index (χ1) is 8.17. The van der Waals surface area contributed by atoms with Gasteiger partial charge in [0.1, 0.15) is 11.7 Å². The van der Waals surface area contributed by atoms with E-state index in [1.54, 1.807) is 18.0 Å². The Morgan fingerprint density at radius 3 is 2.82 bits per heavy atom. The van der Waals surface area contributed by atoms with Gasteiger partial charge in [-0.1, -0.05) is 24.6 Å². The van der Waals surface area contributed by atoms with Crippen LogP contribution in [0.5, 0.6) is 0 Å². The van der Waals surface area contributed by atoms with Crippen LogP contribution in [0, 0.1) is 0 Å². The Morgan fingerprint density at radius 1 is 1.53 bits per heavy atom. The number of hydrogen-bond acceptors (Lipinski definition) is 2. The number of aromatic nitrogens is 1. The fourth-order valence-electron chi connectivity index (χ4n) is 1.49. The van der Waals surface area contributed by atoms with Crippen molar-refractivity contribution in [2.75, 3.05) is 19.8 Å². The van der Waals surface area contributed by atoms with E-state index in [1.165, 1.54) is 5.17 Å². The van der Waals surface area contributed by atoms with Gasteiger partial charge in [0.25, 0.3) is 0 Å². The Kier molecular flexibility index (Phi) is 6.37. The summed E-state index contributed by atoms with van der Waals surface area (Å²) in [7, 11) is 2.10. The lowest BCUT2D eigenvalue weighted by molar-refractivity contribution is -0.496. The van der Waals surface area contributed by atoms with E-state index in [1.807, 2.05) is 12.1 Å². The summed E-state index contributed by atoms with van der Waals surface area (Å²) in [4.78, 5) is 4.06. The molecule has 0 aliphatic rings. The summed E-state index contributed by atoms with van der Waals surface area (Å²) in [6.07, 6.45) is 5.02. The second-order valence-corrected chi connectivity index (χ2v) is 4.96. The highest BCUT2D eigenvalue weighted by Gasteiger charge is 2.08.